The Bertz CT molecular complexity index is 886. The van der Waals surface area contributed by atoms with Crippen molar-refractivity contribution in [2.24, 2.45) is 0 Å². The van der Waals surface area contributed by atoms with Crippen molar-refractivity contribution < 1.29 is 18.5 Å². The fourth-order valence-electron chi connectivity index (χ4n) is 2.17. The fraction of sp³-hybridized carbons (Fsp3) is 0.312. The summed E-state index contributed by atoms with van der Waals surface area (Å²) < 4.78 is 10.4. The van der Waals surface area contributed by atoms with Gasteiger partial charge in [0.15, 0.2) is 5.82 Å². The summed E-state index contributed by atoms with van der Waals surface area (Å²) in [5, 5.41) is 18.0. The van der Waals surface area contributed by atoms with Crippen LogP contribution in [0.25, 0.3) is 11.5 Å². The molecule has 10 heteroatoms. The van der Waals surface area contributed by atoms with E-state index in [0.717, 1.165) is 5.56 Å². The molecule has 3 aromatic heterocycles. The van der Waals surface area contributed by atoms with Gasteiger partial charge in [-0.2, -0.15) is 11.3 Å². The van der Waals surface area contributed by atoms with Gasteiger partial charge in [-0.3, -0.25) is 9.59 Å². The Morgan fingerprint density at radius 1 is 1.35 bits per heavy atom. The second-order valence-electron chi connectivity index (χ2n) is 5.63. The van der Waals surface area contributed by atoms with E-state index in [-0.39, 0.29) is 24.8 Å². The number of carbonyl (C=O) groups is 2. The second kappa shape index (κ2) is 7.91. The highest BCUT2D eigenvalue weighted by Gasteiger charge is 2.16. The number of nitrogens with one attached hydrogen (secondary N) is 1. The van der Waals surface area contributed by atoms with Gasteiger partial charge in [0, 0.05) is 36.9 Å². The van der Waals surface area contributed by atoms with Crippen molar-refractivity contribution >= 4 is 29.0 Å². The van der Waals surface area contributed by atoms with Crippen molar-refractivity contribution in [2.45, 2.75) is 19.8 Å². The lowest BCUT2D eigenvalue weighted by Crippen LogP contribution is -2.35. The van der Waals surface area contributed by atoms with Gasteiger partial charge in [0.1, 0.15) is 5.76 Å². The van der Waals surface area contributed by atoms with Crippen molar-refractivity contribution in [3.63, 3.8) is 0 Å². The highest BCUT2D eigenvalue weighted by atomic mass is 32.1. The number of thiophene rings is 1. The molecule has 9 nitrogen and oxygen atoms in total. The number of anilines is 1. The van der Waals surface area contributed by atoms with Gasteiger partial charge in [-0.25, -0.2) is 0 Å². The Morgan fingerprint density at radius 2 is 2.19 bits per heavy atom. The predicted octanol–water partition coefficient (Wildman–Crippen LogP) is 2.12. The van der Waals surface area contributed by atoms with Crippen LogP contribution in [0, 0.1) is 6.92 Å². The third kappa shape index (κ3) is 4.54. The van der Waals surface area contributed by atoms with Gasteiger partial charge in [-0.1, -0.05) is 5.16 Å². The minimum absolute atomic E-state index is 0.0886. The summed E-state index contributed by atoms with van der Waals surface area (Å²) in [4.78, 5) is 25.4. The maximum atomic E-state index is 12.2. The third-order valence-electron chi connectivity index (χ3n) is 3.49. The monoisotopic (exact) mass is 375 g/mol. The third-order valence-corrected chi connectivity index (χ3v) is 4.17. The first-order valence-electron chi connectivity index (χ1n) is 7.83. The number of amides is 2. The number of carbonyl (C=O) groups excluding carboxylic acids is 2. The number of hydrogen-bond acceptors (Lipinski definition) is 8. The van der Waals surface area contributed by atoms with Gasteiger partial charge in [0.2, 0.25) is 23.6 Å². The molecule has 0 aliphatic rings. The first kappa shape index (κ1) is 17.8. The van der Waals surface area contributed by atoms with E-state index in [9.17, 15) is 9.59 Å². The molecule has 0 aliphatic heterocycles. The van der Waals surface area contributed by atoms with Crippen LogP contribution in [-0.2, 0) is 16.0 Å². The zero-order valence-corrected chi connectivity index (χ0v) is 15.1. The largest absolute Gasteiger partial charge is 0.421 e. The first-order valence-corrected chi connectivity index (χ1v) is 8.77. The first-order chi connectivity index (χ1) is 12.5. The highest BCUT2D eigenvalue weighted by molar-refractivity contribution is 7.08. The molecule has 0 radical (unpaired) electrons. The molecule has 3 aromatic rings. The zero-order valence-electron chi connectivity index (χ0n) is 14.3. The van der Waals surface area contributed by atoms with Crippen LogP contribution in [0.3, 0.4) is 0 Å². The van der Waals surface area contributed by atoms with Gasteiger partial charge in [0.25, 0.3) is 0 Å². The molecule has 26 heavy (non-hydrogen) atoms. The summed E-state index contributed by atoms with van der Waals surface area (Å²) >= 11 is 1.54. The quantitative estimate of drug-likeness (QED) is 0.672. The topological polar surface area (TPSA) is 114 Å². The SMILES string of the molecule is Cc1cc(NC(=O)CN(C)C(=O)CCc2nnc(-c3ccsc3)o2)no1. The van der Waals surface area contributed by atoms with Gasteiger partial charge in [-0.05, 0) is 18.4 Å². The molecule has 3 heterocycles. The fourth-order valence-corrected chi connectivity index (χ4v) is 2.80. The molecule has 2 amide bonds. The molecule has 3 rings (SSSR count). The Balaban J connectivity index is 1.46. The Kier molecular flexibility index (Phi) is 5.42. The number of nitrogens with zero attached hydrogens (tertiary/aromatic N) is 4. The molecule has 136 valence electrons. The second-order valence-corrected chi connectivity index (χ2v) is 6.41. The molecule has 0 spiro atoms. The van der Waals surface area contributed by atoms with Gasteiger partial charge in [-0.15, -0.1) is 10.2 Å². The summed E-state index contributed by atoms with van der Waals surface area (Å²) in [6.07, 6.45) is 0.475. The normalized spacial score (nSPS) is 10.7. The standard InChI is InChI=1S/C16H17N5O4S/c1-10-7-12(20-25-10)17-13(22)8-21(2)15(23)4-3-14-18-19-16(24-14)11-5-6-26-9-11/h5-7,9H,3-4,8H2,1-2H3,(H,17,20,22). The molecule has 0 saturated heterocycles. The summed E-state index contributed by atoms with van der Waals surface area (Å²) in [6, 6.07) is 3.48. The number of rotatable bonds is 7. The van der Waals surface area contributed by atoms with Crippen molar-refractivity contribution in [3.8, 4) is 11.5 Å². The number of likely N-dealkylation sites (N-methyl/N-ethyl adjacent to an activating group) is 1. The van der Waals surface area contributed by atoms with E-state index in [4.69, 9.17) is 8.94 Å². The average molecular weight is 375 g/mol. The predicted molar refractivity (Wildman–Crippen MR) is 93.4 cm³/mol. The van der Waals surface area contributed by atoms with Crippen molar-refractivity contribution in [2.75, 3.05) is 18.9 Å². The molecular weight excluding hydrogens is 358 g/mol. The molecule has 0 saturated carbocycles. The highest BCUT2D eigenvalue weighted by Crippen LogP contribution is 2.20. The number of aryl methyl sites for hydroxylation is 2. The van der Waals surface area contributed by atoms with Gasteiger partial charge in [0.05, 0.1) is 6.54 Å². The summed E-state index contributed by atoms with van der Waals surface area (Å²) in [6.45, 7) is 1.63. The lowest BCUT2D eigenvalue weighted by molar-refractivity contribution is -0.133. The summed E-state index contributed by atoms with van der Waals surface area (Å²) in [7, 11) is 1.56. The van der Waals surface area contributed by atoms with Crippen LogP contribution in [0.4, 0.5) is 5.82 Å². The molecule has 0 atom stereocenters. The molecule has 0 aromatic carbocycles. The van der Waals surface area contributed by atoms with Crippen LogP contribution in [-0.4, -0.2) is 45.7 Å². The summed E-state index contributed by atoms with van der Waals surface area (Å²) in [5.74, 6) is 1.17. The summed E-state index contributed by atoms with van der Waals surface area (Å²) in [5.41, 5.74) is 0.858. The van der Waals surface area contributed by atoms with Crippen molar-refractivity contribution in [1.29, 1.82) is 0 Å². The maximum Gasteiger partial charge on any atom is 0.248 e. The molecule has 0 aliphatic carbocycles. The Labute approximate surface area is 153 Å². The lowest BCUT2D eigenvalue weighted by Gasteiger charge is -2.15. The molecular formula is C16H17N5O4S. The number of aromatic nitrogens is 3. The van der Waals surface area contributed by atoms with Crippen LogP contribution in [0.1, 0.15) is 18.1 Å². The van der Waals surface area contributed by atoms with E-state index >= 15 is 0 Å². The Morgan fingerprint density at radius 3 is 2.88 bits per heavy atom. The zero-order chi connectivity index (χ0) is 18.5. The van der Waals surface area contributed by atoms with Crippen LogP contribution in [0.15, 0.2) is 31.8 Å². The number of hydrogen-bond donors (Lipinski definition) is 1. The van der Waals surface area contributed by atoms with Crippen molar-refractivity contribution in [3.05, 3.63) is 34.5 Å². The minimum Gasteiger partial charge on any atom is -0.421 e. The van der Waals surface area contributed by atoms with E-state index < -0.39 is 0 Å². The molecule has 0 bridgehead atoms. The van der Waals surface area contributed by atoms with Crippen LogP contribution >= 0.6 is 11.3 Å². The van der Waals surface area contributed by atoms with E-state index in [1.807, 2.05) is 16.8 Å². The van der Waals surface area contributed by atoms with E-state index in [2.05, 4.69) is 20.7 Å². The van der Waals surface area contributed by atoms with Crippen LogP contribution < -0.4 is 5.32 Å². The Hall–Kier alpha value is -3.01. The van der Waals surface area contributed by atoms with Crippen molar-refractivity contribution in [1.82, 2.24) is 20.3 Å². The van der Waals surface area contributed by atoms with Gasteiger partial charge < -0.3 is 19.2 Å². The average Bonchev–Trinajstić information content (AvgIpc) is 3.34. The lowest BCUT2D eigenvalue weighted by atomic mass is 10.3. The van der Waals surface area contributed by atoms with E-state index in [0.29, 0.717) is 29.8 Å². The molecule has 0 unspecified atom stereocenters. The maximum absolute atomic E-state index is 12.2. The van der Waals surface area contributed by atoms with E-state index in [1.54, 1.807) is 20.0 Å². The van der Waals surface area contributed by atoms with Gasteiger partial charge >= 0.3 is 0 Å². The molecule has 0 fully saturated rings. The minimum atomic E-state index is -0.355. The smallest absolute Gasteiger partial charge is 0.248 e. The molecule has 1 N–H and O–H groups in total. The van der Waals surface area contributed by atoms with Crippen LogP contribution in [0.2, 0.25) is 0 Å². The van der Waals surface area contributed by atoms with Crippen LogP contribution in [0.5, 0.6) is 0 Å². The van der Waals surface area contributed by atoms with E-state index in [1.165, 1.54) is 16.2 Å².